The Hall–Kier alpha value is -0.940. The first-order valence-electron chi connectivity index (χ1n) is 4.71. The van der Waals surface area contributed by atoms with Crippen LogP contribution < -0.4 is 4.57 Å². The summed E-state index contributed by atoms with van der Waals surface area (Å²) in [5.41, 5.74) is 1.33. The molecule has 0 aliphatic rings. The van der Waals surface area contributed by atoms with Gasteiger partial charge < -0.3 is 0 Å². The fourth-order valence-corrected chi connectivity index (χ4v) is 0.939. The predicted octanol–water partition coefficient (Wildman–Crippen LogP) is 1.20. The normalized spacial score (nSPS) is 10.4. The summed E-state index contributed by atoms with van der Waals surface area (Å²) in [6.07, 6.45) is 6.17. The fourth-order valence-electron chi connectivity index (χ4n) is 0.939. The Morgan fingerprint density at radius 1 is 1.33 bits per heavy atom. The number of aromatic nitrogens is 1. The highest BCUT2D eigenvalue weighted by Gasteiger charge is 1.94. The maximum absolute atomic E-state index is 9.19. The van der Waals surface area contributed by atoms with Gasteiger partial charge in [0, 0.05) is 18.6 Å². The van der Waals surface area contributed by atoms with Gasteiger partial charge >= 0.3 is 0 Å². The number of hydrogen-bond acceptors (Lipinski definition) is 2. The third-order valence-electron chi connectivity index (χ3n) is 1.54. The van der Waals surface area contributed by atoms with Gasteiger partial charge in [-0.05, 0) is 12.5 Å². The number of hydrogen-bond donors (Lipinski definition) is 1. The zero-order chi connectivity index (χ0) is 11.9. The summed E-state index contributed by atoms with van der Waals surface area (Å²) in [5.74, 6) is 0. The highest BCUT2D eigenvalue weighted by molar-refractivity contribution is 7.85. The van der Waals surface area contributed by atoms with E-state index >= 15 is 0 Å². The van der Waals surface area contributed by atoms with Crippen LogP contribution in [-0.2, 0) is 16.7 Å². The Balaban J connectivity index is 0.000000336. The van der Waals surface area contributed by atoms with Gasteiger partial charge in [-0.1, -0.05) is 6.92 Å². The van der Waals surface area contributed by atoms with Crippen molar-refractivity contribution in [1.29, 1.82) is 0 Å². The average molecular weight is 232 g/mol. The molecule has 0 radical (unpaired) electrons. The third-order valence-corrected chi connectivity index (χ3v) is 1.54. The van der Waals surface area contributed by atoms with Gasteiger partial charge in [0.05, 0.1) is 6.26 Å². The molecule has 0 aliphatic carbocycles. The minimum Gasteiger partial charge on any atom is -0.286 e. The molecule has 0 bridgehead atoms. The summed E-state index contributed by atoms with van der Waals surface area (Å²) in [4.78, 5) is 0. The zero-order valence-corrected chi connectivity index (χ0v) is 10.2. The van der Waals surface area contributed by atoms with Gasteiger partial charge in [-0.2, -0.15) is 8.42 Å². The molecule has 0 unspecified atom stereocenters. The van der Waals surface area contributed by atoms with Crippen LogP contribution in [0.1, 0.15) is 18.9 Å². The lowest BCUT2D eigenvalue weighted by molar-refractivity contribution is -0.697. The summed E-state index contributed by atoms with van der Waals surface area (Å²) >= 11 is 0. The van der Waals surface area contributed by atoms with Crippen LogP contribution in [0.15, 0.2) is 24.5 Å². The predicted molar refractivity (Wildman–Crippen MR) is 59.1 cm³/mol. The van der Waals surface area contributed by atoms with Crippen LogP contribution in [0.3, 0.4) is 0 Å². The number of nitrogens with zero attached hydrogens (tertiary/aromatic N) is 1. The molecule has 0 fully saturated rings. The highest BCUT2D eigenvalue weighted by atomic mass is 32.2. The molecule has 15 heavy (non-hydrogen) atoms. The first-order valence-corrected chi connectivity index (χ1v) is 6.56. The smallest absolute Gasteiger partial charge is 0.261 e. The van der Waals surface area contributed by atoms with E-state index in [2.05, 4.69) is 42.9 Å². The molecule has 0 spiro atoms. The second-order valence-electron chi connectivity index (χ2n) is 3.35. The molecule has 1 aromatic rings. The molecule has 5 heteroatoms. The molecule has 1 rings (SSSR count). The Morgan fingerprint density at radius 2 is 1.73 bits per heavy atom. The SMILES string of the molecule is CCC[n+]1ccc(C)cc1.CS(=O)(=O)O. The minimum atomic E-state index is -3.67. The van der Waals surface area contributed by atoms with E-state index in [0.717, 1.165) is 6.54 Å². The quantitative estimate of drug-likeness (QED) is 0.615. The van der Waals surface area contributed by atoms with Crippen LogP contribution in [0.5, 0.6) is 0 Å². The lowest BCUT2D eigenvalue weighted by atomic mass is 10.3. The molecule has 0 saturated carbocycles. The van der Waals surface area contributed by atoms with E-state index in [1.54, 1.807) is 0 Å². The molecule has 4 nitrogen and oxygen atoms in total. The van der Waals surface area contributed by atoms with Gasteiger partial charge in [-0.15, -0.1) is 0 Å². The first-order chi connectivity index (χ1) is 6.83. The van der Waals surface area contributed by atoms with Gasteiger partial charge in [-0.3, -0.25) is 4.55 Å². The van der Waals surface area contributed by atoms with Crippen molar-refractivity contribution in [2.24, 2.45) is 0 Å². The summed E-state index contributed by atoms with van der Waals surface area (Å²) < 4.78 is 28.1. The third kappa shape index (κ3) is 11.0. The minimum absolute atomic E-state index is 0.715. The Morgan fingerprint density at radius 3 is 2.07 bits per heavy atom. The van der Waals surface area contributed by atoms with Crippen molar-refractivity contribution in [1.82, 2.24) is 0 Å². The lowest BCUT2D eigenvalue weighted by Crippen LogP contribution is -2.31. The highest BCUT2D eigenvalue weighted by Crippen LogP contribution is 1.89. The number of rotatable bonds is 2. The number of pyridine rings is 1. The van der Waals surface area contributed by atoms with Crippen molar-refractivity contribution in [3.05, 3.63) is 30.1 Å². The summed E-state index contributed by atoms with van der Waals surface area (Å²) in [5, 5.41) is 0. The van der Waals surface area contributed by atoms with Gasteiger partial charge in [-0.25, -0.2) is 4.57 Å². The van der Waals surface area contributed by atoms with Gasteiger partial charge in [0.2, 0.25) is 0 Å². The molecule has 86 valence electrons. The molecule has 1 heterocycles. The van der Waals surface area contributed by atoms with E-state index in [-0.39, 0.29) is 0 Å². The zero-order valence-electron chi connectivity index (χ0n) is 9.34. The Bertz CT molecular complexity index is 362. The maximum Gasteiger partial charge on any atom is 0.261 e. The lowest BCUT2D eigenvalue weighted by Gasteiger charge is -1.92. The van der Waals surface area contributed by atoms with Gasteiger partial charge in [0.1, 0.15) is 6.54 Å². The van der Waals surface area contributed by atoms with Crippen molar-refractivity contribution in [3.8, 4) is 0 Å². The molecular weight excluding hydrogens is 214 g/mol. The molecule has 0 amide bonds. The van der Waals surface area contributed by atoms with E-state index in [1.807, 2.05) is 0 Å². The van der Waals surface area contributed by atoms with E-state index in [1.165, 1.54) is 12.0 Å². The van der Waals surface area contributed by atoms with E-state index in [9.17, 15) is 8.42 Å². The monoisotopic (exact) mass is 232 g/mol. The van der Waals surface area contributed by atoms with Crippen LogP contribution in [0.25, 0.3) is 0 Å². The van der Waals surface area contributed by atoms with Crippen LogP contribution in [-0.4, -0.2) is 19.2 Å². The Kier molecular flexibility index (Phi) is 6.12. The maximum atomic E-state index is 9.19. The van der Waals surface area contributed by atoms with E-state index in [0.29, 0.717) is 6.26 Å². The topological polar surface area (TPSA) is 58.2 Å². The second kappa shape index (κ2) is 6.53. The van der Waals surface area contributed by atoms with Gasteiger partial charge in [0.15, 0.2) is 12.4 Å². The Labute approximate surface area is 91.3 Å². The number of aryl methyl sites for hydroxylation is 2. The van der Waals surface area contributed by atoms with Crippen LogP contribution in [0, 0.1) is 6.92 Å². The van der Waals surface area contributed by atoms with Crippen LogP contribution >= 0.6 is 0 Å². The van der Waals surface area contributed by atoms with Crippen LogP contribution in [0.2, 0.25) is 0 Å². The largest absolute Gasteiger partial charge is 0.286 e. The van der Waals surface area contributed by atoms with Crippen molar-refractivity contribution >= 4 is 10.1 Å². The van der Waals surface area contributed by atoms with Gasteiger partial charge in [0.25, 0.3) is 10.1 Å². The van der Waals surface area contributed by atoms with E-state index in [4.69, 9.17) is 4.55 Å². The summed E-state index contributed by atoms with van der Waals surface area (Å²) in [6, 6.07) is 4.27. The molecule has 1 N–H and O–H groups in total. The molecular formula is C10H18NO3S+. The molecule has 0 atom stereocenters. The second-order valence-corrected chi connectivity index (χ2v) is 4.81. The van der Waals surface area contributed by atoms with E-state index < -0.39 is 10.1 Å². The van der Waals surface area contributed by atoms with Crippen molar-refractivity contribution in [2.75, 3.05) is 6.26 Å². The molecule has 0 aromatic carbocycles. The van der Waals surface area contributed by atoms with Crippen molar-refractivity contribution in [2.45, 2.75) is 26.8 Å². The standard InChI is InChI=1S/C9H14N.CH4O3S/c1-3-6-10-7-4-9(2)5-8-10;1-5(2,3)4/h4-5,7-8H,3,6H2,1-2H3;1H3,(H,2,3,4)/q+1;. The molecule has 0 saturated heterocycles. The van der Waals surface area contributed by atoms with Crippen molar-refractivity contribution in [3.63, 3.8) is 0 Å². The summed E-state index contributed by atoms with van der Waals surface area (Å²) in [6.45, 7) is 5.42. The molecule has 1 aromatic heterocycles. The summed E-state index contributed by atoms with van der Waals surface area (Å²) in [7, 11) is -3.67. The average Bonchev–Trinajstić information content (AvgIpc) is 2.06. The van der Waals surface area contributed by atoms with Crippen LogP contribution in [0.4, 0.5) is 0 Å². The fraction of sp³-hybridized carbons (Fsp3) is 0.500. The first kappa shape index (κ1) is 14.1. The molecule has 0 aliphatic heterocycles. The van der Waals surface area contributed by atoms with Crippen molar-refractivity contribution < 1.29 is 17.5 Å².